The number of amidine groups is 2. The summed E-state index contributed by atoms with van der Waals surface area (Å²) in [5, 5.41) is 11.2. The third-order valence-corrected chi connectivity index (χ3v) is 5.85. The van der Waals surface area contributed by atoms with Crippen LogP contribution in [-0.4, -0.2) is 47.7 Å². The largest absolute Gasteiger partial charge is 0.495 e. The van der Waals surface area contributed by atoms with Crippen LogP contribution in [0.3, 0.4) is 0 Å². The molecule has 0 spiro atoms. The first kappa shape index (κ1) is 23.9. The van der Waals surface area contributed by atoms with Gasteiger partial charge in [-0.25, -0.2) is 4.99 Å². The lowest BCUT2D eigenvalue weighted by Crippen LogP contribution is -2.38. The number of nitrogens with zero attached hydrogens (tertiary/aromatic N) is 3. The Morgan fingerprint density at radius 3 is 2.86 bits per heavy atom. The maximum atomic E-state index is 12.4. The third-order valence-electron chi connectivity index (χ3n) is 5.85. The molecule has 0 radical (unpaired) electrons. The van der Waals surface area contributed by atoms with Crippen LogP contribution in [0.25, 0.3) is 0 Å². The minimum absolute atomic E-state index is 0.00164. The second-order valence-corrected chi connectivity index (χ2v) is 8.40. The molecule has 9 heteroatoms. The van der Waals surface area contributed by atoms with E-state index in [1.54, 1.807) is 36.7 Å². The summed E-state index contributed by atoms with van der Waals surface area (Å²) in [6.07, 6.45) is 4.45. The molecule has 2 heterocycles. The highest BCUT2D eigenvalue weighted by atomic mass is 16.5. The second kappa shape index (κ2) is 10.8. The van der Waals surface area contributed by atoms with Crippen LogP contribution >= 0.6 is 0 Å². The van der Waals surface area contributed by atoms with E-state index < -0.39 is 0 Å². The predicted molar refractivity (Wildman–Crippen MR) is 138 cm³/mol. The summed E-state index contributed by atoms with van der Waals surface area (Å²) >= 11 is 0. The number of fused-ring (bicyclic) bond motifs is 1. The van der Waals surface area contributed by atoms with E-state index in [9.17, 15) is 4.79 Å². The quantitative estimate of drug-likeness (QED) is 0.237. The maximum absolute atomic E-state index is 12.4. The molecular formula is C26H29N7O2. The van der Waals surface area contributed by atoms with Crippen molar-refractivity contribution >= 4 is 29.0 Å². The molecule has 1 aliphatic rings. The highest BCUT2D eigenvalue weighted by Gasteiger charge is 2.19. The number of hydrogen-bond acceptors (Lipinski definition) is 6. The molecule has 4 rings (SSSR count). The van der Waals surface area contributed by atoms with Gasteiger partial charge in [-0.3, -0.25) is 20.1 Å². The van der Waals surface area contributed by atoms with Crippen LogP contribution in [0.2, 0.25) is 0 Å². The monoisotopic (exact) mass is 471 g/mol. The lowest BCUT2D eigenvalue weighted by Gasteiger charge is -2.28. The first-order valence-corrected chi connectivity index (χ1v) is 11.3. The average molecular weight is 472 g/mol. The van der Waals surface area contributed by atoms with Gasteiger partial charge in [0.05, 0.1) is 37.6 Å². The number of anilines is 2. The van der Waals surface area contributed by atoms with Crippen molar-refractivity contribution in [3.63, 3.8) is 0 Å². The maximum Gasteiger partial charge on any atom is 0.228 e. The van der Waals surface area contributed by atoms with Gasteiger partial charge in [0.1, 0.15) is 11.6 Å². The number of methoxy groups -OCH3 is 1. The fraction of sp³-hybridized carbons (Fsp3) is 0.231. The molecule has 3 aromatic rings. The number of aromatic nitrogens is 1. The number of nitrogens with two attached hydrogens (primary N) is 2. The van der Waals surface area contributed by atoms with Crippen LogP contribution in [0.4, 0.5) is 11.4 Å². The van der Waals surface area contributed by atoms with Gasteiger partial charge in [-0.2, -0.15) is 0 Å². The molecule has 1 amide bonds. The summed E-state index contributed by atoms with van der Waals surface area (Å²) in [5.41, 5.74) is 17.2. The fourth-order valence-corrected chi connectivity index (χ4v) is 4.14. The van der Waals surface area contributed by atoms with E-state index >= 15 is 0 Å². The number of aliphatic imine (C=N–C) groups is 1. The standard InChI is InChI=1S/C26H29N7O2/c1-35-22-6-2-5-21(25(22)28)26(29)32-23(27)16-33-11-9-18-8-7-17(12-19(18)15-33)13-24(34)31-20-4-3-10-30-14-20/h2-8,10,12,14H,9,11,13,15-16,28H2,1H3,(H,31,34)(H3,27,29,32). The zero-order chi connectivity index (χ0) is 24.8. The first-order chi connectivity index (χ1) is 16.9. The summed E-state index contributed by atoms with van der Waals surface area (Å²) in [5.74, 6) is 0.752. The minimum atomic E-state index is -0.0858. The topological polar surface area (TPSA) is 143 Å². The summed E-state index contributed by atoms with van der Waals surface area (Å²) in [6, 6.07) is 15.0. The van der Waals surface area contributed by atoms with Crippen molar-refractivity contribution in [2.75, 3.05) is 31.2 Å². The molecule has 0 atom stereocenters. The van der Waals surface area contributed by atoms with Gasteiger partial charge < -0.3 is 21.5 Å². The number of para-hydroxylation sites is 1. The molecule has 6 N–H and O–H groups in total. The Bertz CT molecular complexity index is 1260. The molecular weight excluding hydrogens is 442 g/mol. The second-order valence-electron chi connectivity index (χ2n) is 8.40. The van der Waals surface area contributed by atoms with Crippen molar-refractivity contribution in [1.82, 2.24) is 9.88 Å². The van der Waals surface area contributed by atoms with Crippen molar-refractivity contribution in [1.29, 1.82) is 5.41 Å². The van der Waals surface area contributed by atoms with Gasteiger partial charge in [-0.1, -0.05) is 24.3 Å². The third kappa shape index (κ3) is 6.01. The Hall–Kier alpha value is -4.24. The van der Waals surface area contributed by atoms with Crippen molar-refractivity contribution in [2.45, 2.75) is 19.4 Å². The summed E-state index contributed by atoms with van der Waals surface area (Å²) in [7, 11) is 1.53. The molecule has 0 bridgehead atoms. The van der Waals surface area contributed by atoms with E-state index in [-0.39, 0.29) is 18.2 Å². The van der Waals surface area contributed by atoms with E-state index in [0.717, 1.165) is 18.5 Å². The highest BCUT2D eigenvalue weighted by molar-refractivity contribution is 6.08. The molecule has 180 valence electrons. The van der Waals surface area contributed by atoms with Crippen LogP contribution < -0.4 is 21.5 Å². The molecule has 0 aliphatic carbocycles. The Balaban J connectivity index is 1.38. The molecule has 0 unspecified atom stereocenters. The Kier molecular flexibility index (Phi) is 7.37. The molecule has 2 aromatic carbocycles. The lowest BCUT2D eigenvalue weighted by molar-refractivity contribution is -0.115. The van der Waals surface area contributed by atoms with Gasteiger partial charge >= 0.3 is 0 Å². The zero-order valence-corrected chi connectivity index (χ0v) is 19.6. The number of amides is 1. The normalized spacial score (nSPS) is 13.7. The van der Waals surface area contributed by atoms with Crippen LogP contribution in [0.15, 0.2) is 65.9 Å². The van der Waals surface area contributed by atoms with Crippen molar-refractivity contribution < 1.29 is 9.53 Å². The number of carbonyl (C=O) groups is 1. The number of carbonyl (C=O) groups excluding carboxylic acids is 1. The fourth-order valence-electron chi connectivity index (χ4n) is 4.14. The zero-order valence-electron chi connectivity index (χ0n) is 19.6. The predicted octanol–water partition coefficient (Wildman–Crippen LogP) is 2.59. The first-order valence-electron chi connectivity index (χ1n) is 11.3. The molecule has 9 nitrogen and oxygen atoms in total. The van der Waals surface area contributed by atoms with E-state index in [1.807, 2.05) is 12.1 Å². The molecule has 0 saturated heterocycles. The molecule has 1 aliphatic heterocycles. The van der Waals surface area contributed by atoms with Crippen molar-refractivity contribution in [2.24, 2.45) is 10.7 Å². The highest BCUT2D eigenvalue weighted by Crippen LogP contribution is 2.25. The van der Waals surface area contributed by atoms with Crippen LogP contribution in [0.5, 0.6) is 5.75 Å². The van der Waals surface area contributed by atoms with E-state index in [1.165, 1.54) is 18.2 Å². The van der Waals surface area contributed by atoms with Gasteiger partial charge in [0.15, 0.2) is 5.84 Å². The molecule has 35 heavy (non-hydrogen) atoms. The summed E-state index contributed by atoms with van der Waals surface area (Å²) in [4.78, 5) is 22.9. The smallest absolute Gasteiger partial charge is 0.228 e. The SMILES string of the molecule is COc1cccc(C(=N)N=C(N)CN2CCc3ccc(CC(=O)Nc4cccnc4)cc3C2)c1N. The summed E-state index contributed by atoms with van der Waals surface area (Å²) in [6.45, 7) is 1.95. The minimum Gasteiger partial charge on any atom is -0.495 e. The number of nitrogens with one attached hydrogen (secondary N) is 2. The summed E-state index contributed by atoms with van der Waals surface area (Å²) < 4.78 is 5.22. The molecule has 0 saturated carbocycles. The molecule has 0 fully saturated rings. The number of pyridine rings is 1. The van der Waals surface area contributed by atoms with Crippen LogP contribution in [0.1, 0.15) is 22.3 Å². The van der Waals surface area contributed by atoms with E-state index in [0.29, 0.717) is 41.6 Å². The van der Waals surface area contributed by atoms with Crippen LogP contribution in [0, 0.1) is 5.41 Å². The average Bonchev–Trinajstić information content (AvgIpc) is 2.84. The van der Waals surface area contributed by atoms with E-state index in [4.69, 9.17) is 21.6 Å². The van der Waals surface area contributed by atoms with Crippen molar-refractivity contribution in [3.8, 4) is 5.75 Å². The Labute approximate surface area is 204 Å². The lowest BCUT2D eigenvalue weighted by atomic mass is 9.96. The van der Waals surface area contributed by atoms with Gasteiger partial charge in [0.2, 0.25) is 5.91 Å². The van der Waals surface area contributed by atoms with Gasteiger partial charge in [0, 0.05) is 24.8 Å². The number of ether oxygens (including phenoxy) is 1. The number of rotatable bonds is 7. The van der Waals surface area contributed by atoms with E-state index in [2.05, 4.69) is 32.3 Å². The Morgan fingerprint density at radius 2 is 2.09 bits per heavy atom. The van der Waals surface area contributed by atoms with Gasteiger partial charge in [-0.05, 0) is 47.4 Å². The number of hydrogen-bond donors (Lipinski definition) is 4. The Morgan fingerprint density at radius 1 is 1.23 bits per heavy atom. The molecule has 1 aromatic heterocycles. The number of nitrogen functional groups attached to an aromatic ring is 1. The number of benzene rings is 2. The van der Waals surface area contributed by atoms with Gasteiger partial charge in [-0.15, -0.1) is 0 Å². The van der Waals surface area contributed by atoms with Crippen molar-refractivity contribution in [3.05, 3.63) is 83.2 Å². The van der Waals surface area contributed by atoms with Crippen LogP contribution in [-0.2, 0) is 24.2 Å². The van der Waals surface area contributed by atoms with Gasteiger partial charge in [0.25, 0.3) is 0 Å².